The van der Waals surface area contributed by atoms with Crippen molar-refractivity contribution < 1.29 is 18.7 Å². The van der Waals surface area contributed by atoms with E-state index in [0.717, 1.165) is 28.0 Å². The van der Waals surface area contributed by atoms with Gasteiger partial charge in [-0.2, -0.15) is 5.10 Å². The summed E-state index contributed by atoms with van der Waals surface area (Å²) in [7, 11) is 3.56. The van der Waals surface area contributed by atoms with E-state index in [2.05, 4.69) is 11.2 Å². The third-order valence-electron chi connectivity index (χ3n) is 6.67. The van der Waals surface area contributed by atoms with E-state index in [9.17, 15) is 4.79 Å². The molecule has 7 nitrogen and oxygen atoms in total. The van der Waals surface area contributed by atoms with Crippen LogP contribution in [0, 0.1) is 0 Å². The van der Waals surface area contributed by atoms with Gasteiger partial charge in [-0.1, -0.05) is 24.3 Å². The van der Waals surface area contributed by atoms with Crippen molar-refractivity contribution in [2.45, 2.75) is 18.4 Å². The molecule has 0 atom stereocenters. The van der Waals surface area contributed by atoms with Gasteiger partial charge in [-0.25, -0.2) is 0 Å². The van der Waals surface area contributed by atoms with Crippen LogP contribution in [0.5, 0.6) is 11.5 Å². The summed E-state index contributed by atoms with van der Waals surface area (Å²) in [4.78, 5) is 15.1. The topological polar surface area (TPSA) is 69.7 Å². The van der Waals surface area contributed by atoms with Crippen LogP contribution in [0.4, 0.5) is 0 Å². The maximum Gasteiger partial charge on any atom is 0.289 e. The van der Waals surface area contributed by atoms with Crippen LogP contribution in [-0.2, 0) is 12.6 Å². The van der Waals surface area contributed by atoms with Crippen LogP contribution in [0.1, 0.15) is 29.0 Å². The first-order valence-electron chi connectivity index (χ1n) is 10.8. The molecule has 2 aliphatic heterocycles. The molecule has 1 saturated heterocycles. The summed E-state index contributed by atoms with van der Waals surface area (Å²) in [5, 5.41) is 5.37. The molecule has 162 valence electrons. The molecule has 4 aromatic rings. The van der Waals surface area contributed by atoms with Gasteiger partial charge in [0.05, 0.1) is 19.0 Å². The Hall–Kier alpha value is -3.74. The van der Waals surface area contributed by atoms with Crippen molar-refractivity contribution >= 4 is 16.9 Å². The van der Waals surface area contributed by atoms with Gasteiger partial charge in [-0.3, -0.25) is 9.48 Å². The molecule has 0 saturated carbocycles. The Labute approximate surface area is 185 Å². The first-order valence-corrected chi connectivity index (χ1v) is 10.8. The first-order chi connectivity index (χ1) is 15.6. The van der Waals surface area contributed by atoms with Crippen LogP contribution in [0.15, 0.2) is 59.1 Å². The lowest BCUT2D eigenvalue weighted by atomic mass is 9.81. The Kier molecular flexibility index (Phi) is 4.08. The van der Waals surface area contributed by atoms with Crippen LogP contribution in [0.25, 0.3) is 22.2 Å². The van der Waals surface area contributed by atoms with Gasteiger partial charge in [0.2, 0.25) is 0 Å². The van der Waals surface area contributed by atoms with E-state index < -0.39 is 5.60 Å². The minimum Gasteiger partial charge on any atom is -0.493 e. The number of nitrogens with zero attached hydrogens (tertiary/aromatic N) is 3. The third-order valence-corrected chi connectivity index (χ3v) is 6.67. The Morgan fingerprint density at radius 2 is 1.94 bits per heavy atom. The lowest BCUT2D eigenvalue weighted by Gasteiger charge is -2.44. The van der Waals surface area contributed by atoms with E-state index in [4.69, 9.17) is 13.9 Å². The largest absolute Gasteiger partial charge is 0.493 e. The molecule has 0 bridgehead atoms. The molecule has 0 N–H and O–H groups in total. The molecule has 2 aliphatic rings. The Balaban J connectivity index is 1.28. The van der Waals surface area contributed by atoms with Gasteiger partial charge in [0, 0.05) is 49.5 Å². The minimum atomic E-state index is -0.480. The molecule has 2 aromatic heterocycles. The number of fused-ring (bicyclic) bond motifs is 5. The van der Waals surface area contributed by atoms with Crippen molar-refractivity contribution in [2.24, 2.45) is 7.05 Å². The van der Waals surface area contributed by atoms with Crippen LogP contribution >= 0.6 is 0 Å². The van der Waals surface area contributed by atoms with Gasteiger partial charge in [-0.15, -0.1) is 0 Å². The number of piperidine rings is 1. The molecular formula is C25H23N3O4. The lowest BCUT2D eigenvalue weighted by Crippen LogP contribution is -2.49. The van der Waals surface area contributed by atoms with E-state index in [1.807, 2.05) is 59.2 Å². The van der Waals surface area contributed by atoms with Gasteiger partial charge in [0.15, 0.2) is 17.1 Å². The summed E-state index contributed by atoms with van der Waals surface area (Å²) in [6, 6.07) is 15.5. The number of carbonyl (C=O) groups excluding carboxylic acids is 1. The molecule has 0 unspecified atom stereocenters. The summed E-state index contributed by atoms with van der Waals surface area (Å²) in [5.41, 5.74) is 3.36. The fourth-order valence-electron chi connectivity index (χ4n) is 5.01. The standard InChI is InChI=1S/C25H23N3O4/c1-27-22-17-7-3-4-8-19(17)32-25(18(22)15-26-27)10-12-28(13-11-25)24(29)21-14-16-6-5-9-20(30-2)23(16)31-21/h3-9,14-15H,10-13H2,1-2H3. The van der Waals surface area contributed by atoms with E-state index in [-0.39, 0.29) is 5.91 Å². The molecule has 1 fully saturated rings. The molecule has 32 heavy (non-hydrogen) atoms. The average Bonchev–Trinajstić information content (AvgIpc) is 3.44. The van der Waals surface area contributed by atoms with E-state index in [0.29, 0.717) is 43.0 Å². The number of likely N-dealkylation sites (tertiary alicyclic amines) is 1. The SMILES string of the molecule is COc1cccc2cc(C(=O)N3CCC4(CC3)Oc3ccccc3-c3c4cnn3C)oc12. The fraction of sp³-hybridized carbons (Fsp3) is 0.280. The second kappa shape index (κ2) is 6.88. The second-order valence-corrected chi connectivity index (χ2v) is 8.40. The number of aromatic nitrogens is 2. The monoisotopic (exact) mass is 429 g/mol. The maximum absolute atomic E-state index is 13.2. The van der Waals surface area contributed by atoms with Crippen LogP contribution < -0.4 is 9.47 Å². The van der Waals surface area contributed by atoms with Gasteiger partial charge in [0.25, 0.3) is 5.91 Å². The molecule has 1 spiro atoms. The predicted molar refractivity (Wildman–Crippen MR) is 119 cm³/mol. The molecule has 6 rings (SSSR count). The normalized spacial score (nSPS) is 16.5. The quantitative estimate of drug-likeness (QED) is 0.473. The highest BCUT2D eigenvalue weighted by Gasteiger charge is 2.46. The molecule has 0 aliphatic carbocycles. The zero-order chi connectivity index (χ0) is 21.9. The smallest absolute Gasteiger partial charge is 0.289 e. The number of ether oxygens (including phenoxy) is 2. The predicted octanol–water partition coefficient (Wildman–Crippen LogP) is 4.37. The number of carbonyl (C=O) groups is 1. The van der Waals surface area contributed by atoms with E-state index in [1.165, 1.54) is 0 Å². The zero-order valence-electron chi connectivity index (χ0n) is 18.0. The highest BCUT2D eigenvalue weighted by molar-refractivity contribution is 5.97. The Morgan fingerprint density at radius 1 is 1.12 bits per heavy atom. The number of hydrogen-bond donors (Lipinski definition) is 0. The number of para-hydroxylation sites is 2. The summed E-state index contributed by atoms with van der Waals surface area (Å²) in [5.74, 6) is 1.71. The molecule has 1 amide bonds. The van der Waals surface area contributed by atoms with Crippen molar-refractivity contribution in [3.8, 4) is 22.8 Å². The van der Waals surface area contributed by atoms with Gasteiger partial charge >= 0.3 is 0 Å². The van der Waals surface area contributed by atoms with Crippen molar-refractivity contribution in [3.05, 3.63) is 66.1 Å². The Morgan fingerprint density at radius 3 is 2.75 bits per heavy atom. The van der Waals surface area contributed by atoms with Crippen molar-refractivity contribution in [3.63, 3.8) is 0 Å². The molecule has 0 radical (unpaired) electrons. The minimum absolute atomic E-state index is 0.110. The number of methoxy groups -OCH3 is 1. The summed E-state index contributed by atoms with van der Waals surface area (Å²) in [6.45, 7) is 1.15. The number of rotatable bonds is 2. The summed E-state index contributed by atoms with van der Waals surface area (Å²) < 4.78 is 19.7. The van der Waals surface area contributed by atoms with Crippen LogP contribution in [-0.4, -0.2) is 40.8 Å². The van der Waals surface area contributed by atoms with Crippen LogP contribution in [0.2, 0.25) is 0 Å². The van der Waals surface area contributed by atoms with Crippen LogP contribution in [0.3, 0.4) is 0 Å². The van der Waals surface area contributed by atoms with Crippen molar-refractivity contribution in [1.82, 2.24) is 14.7 Å². The first kappa shape index (κ1) is 19.0. The maximum atomic E-state index is 13.2. The number of amides is 1. The van der Waals surface area contributed by atoms with Crippen molar-refractivity contribution in [2.75, 3.05) is 20.2 Å². The number of furan rings is 1. The molecular weight excluding hydrogens is 406 g/mol. The highest BCUT2D eigenvalue weighted by Crippen LogP contribution is 2.49. The van der Waals surface area contributed by atoms with Crippen molar-refractivity contribution in [1.29, 1.82) is 0 Å². The average molecular weight is 429 g/mol. The van der Waals surface area contributed by atoms with E-state index >= 15 is 0 Å². The Bertz CT molecular complexity index is 1340. The molecule has 2 aromatic carbocycles. The van der Waals surface area contributed by atoms with Gasteiger partial charge in [-0.05, 0) is 24.3 Å². The zero-order valence-corrected chi connectivity index (χ0v) is 18.0. The molecule has 4 heterocycles. The second-order valence-electron chi connectivity index (χ2n) is 8.40. The molecule has 7 heteroatoms. The number of benzene rings is 2. The summed E-state index contributed by atoms with van der Waals surface area (Å²) >= 11 is 0. The highest BCUT2D eigenvalue weighted by atomic mass is 16.5. The van der Waals surface area contributed by atoms with E-state index in [1.54, 1.807) is 13.2 Å². The van der Waals surface area contributed by atoms with Gasteiger partial charge in [0.1, 0.15) is 11.4 Å². The summed E-state index contributed by atoms with van der Waals surface area (Å²) in [6.07, 6.45) is 3.29. The number of hydrogen-bond acceptors (Lipinski definition) is 5. The number of aryl methyl sites for hydroxylation is 1. The van der Waals surface area contributed by atoms with Gasteiger partial charge < -0.3 is 18.8 Å². The lowest BCUT2D eigenvalue weighted by molar-refractivity contribution is -0.00254. The third kappa shape index (κ3) is 2.67. The fourth-order valence-corrected chi connectivity index (χ4v) is 5.01.